The van der Waals surface area contributed by atoms with E-state index in [1.54, 1.807) is 0 Å². The van der Waals surface area contributed by atoms with Crippen LogP contribution in [0.2, 0.25) is 0 Å². The minimum absolute atomic E-state index is 0.773. The summed E-state index contributed by atoms with van der Waals surface area (Å²) < 4.78 is 159. The van der Waals surface area contributed by atoms with Crippen molar-refractivity contribution in [1.82, 2.24) is 5.32 Å². The summed E-state index contributed by atoms with van der Waals surface area (Å²) in [5.74, 6) is -3.24. The largest absolute Gasteiger partial charge is 0.479 e. The van der Waals surface area contributed by atoms with Crippen LogP contribution in [0, 0.1) is 0 Å². The van der Waals surface area contributed by atoms with Gasteiger partial charge in [-0.3, -0.25) is 23.0 Å². The molecule has 1 amide bonds. The van der Waals surface area contributed by atoms with Crippen LogP contribution in [0.25, 0.3) is 0 Å². The first-order valence-corrected chi connectivity index (χ1v) is 16.2. The van der Waals surface area contributed by atoms with Crippen LogP contribution < -0.4 is 5.32 Å². The molecule has 2 aliphatic heterocycles. The number of rotatable bonds is 13. The zero-order chi connectivity index (χ0) is 33.3. The maximum atomic E-state index is 11.8. The Morgan fingerprint density at radius 3 is 1.67 bits per heavy atom. The van der Waals surface area contributed by atoms with E-state index in [0.29, 0.717) is 0 Å². The molecule has 252 valence electrons. The lowest BCUT2D eigenvalue weighted by molar-refractivity contribution is -0.328. The van der Waals surface area contributed by atoms with Crippen molar-refractivity contribution in [1.29, 1.82) is 0 Å². The summed E-state index contributed by atoms with van der Waals surface area (Å²) >= 11 is 0. The second-order valence-corrected chi connectivity index (χ2v) is 12.6. The van der Waals surface area contributed by atoms with Gasteiger partial charge in [0, 0.05) is 6.92 Å². The lowest BCUT2D eigenvalue weighted by Crippen LogP contribution is -2.69. The standard InChI is InChI=1S/C14H23NO24S4/c1-3(16)15-5-8(6(17)4(2-33-40(21,22)23)34-13(5)39-43(30,31)32)35-14-11(38-42(27,28)29)9(37-41(24,25)26)7(18)10(36-14)12(19)20/h4-11,13-14,17-18H,2H2,1H3,(H,15,16)(H,19,20)(H,21,22,23)(H,24,25,26)(H,27,28,29)(H,30,31,32)/t4-,5-,6+,7+,8-,9+,10+,11-,13+,14-/m1/s1. The Balaban J connectivity index is 2.68. The fourth-order valence-corrected chi connectivity index (χ4v) is 5.44. The van der Waals surface area contributed by atoms with Gasteiger partial charge in [0.05, 0.1) is 6.61 Å². The first-order valence-electron chi connectivity index (χ1n) is 10.7. The van der Waals surface area contributed by atoms with Crippen LogP contribution in [-0.2, 0) is 82.1 Å². The summed E-state index contributed by atoms with van der Waals surface area (Å²) in [6.45, 7) is -0.630. The molecule has 29 heteroatoms. The maximum Gasteiger partial charge on any atom is 0.399 e. The Bertz CT molecular complexity index is 1460. The molecule has 25 nitrogen and oxygen atoms in total. The van der Waals surface area contributed by atoms with E-state index in [2.05, 4.69) is 16.7 Å². The van der Waals surface area contributed by atoms with Gasteiger partial charge in [-0.15, -0.1) is 0 Å². The van der Waals surface area contributed by atoms with Gasteiger partial charge in [0.2, 0.25) is 12.2 Å². The first kappa shape index (κ1) is 37.4. The number of carbonyl (C=O) groups is 2. The number of hydrogen-bond acceptors (Lipinski definition) is 19. The van der Waals surface area contributed by atoms with E-state index in [4.69, 9.17) is 27.9 Å². The van der Waals surface area contributed by atoms with Crippen molar-refractivity contribution < 1.29 is 108 Å². The number of carbonyl (C=O) groups excluding carboxylic acids is 1. The molecule has 2 aliphatic rings. The second kappa shape index (κ2) is 13.7. The van der Waals surface area contributed by atoms with Crippen molar-refractivity contribution in [3.05, 3.63) is 0 Å². The lowest BCUT2D eigenvalue weighted by atomic mass is 9.95. The number of carboxylic acid groups (broad SMARTS) is 1. The number of aliphatic carboxylic acids is 1. The van der Waals surface area contributed by atoms with Crippen LogP contribution in [0.15, 0.2) is 0 Å². The van der Waals surface area contributed by atoms with E-state index >= 15 is 0 Å². The van der Waals surface area contributed by atoms with Crippen LogP contribution in [0.1, 0.15) is 6.92 Å². The van der Waals surface area contributed by atoms with Gasteiger partial charge < -0.3 is 34.8 Å². The molecule has 2 fully saturated rings. The highest BCUT2D eigenvalue weighted by Gasteiger charge is 2.57. The van der Waals surface area contributed by atoms with E-state index in [1.165, 1.54) is 0 Å². The van der Waals surface area contributed by atoms with Gasteiger partial charge in [0.1, 0.15) is 36.6 Å². The molecule has 0 radical (unpaired) electrons. The molecular weight excluding hydrogens is 694 g/mol. The monoisotopic (exact) mass is 717 g/mol. The van der Waals surface area contributed by atoms with E-state index in [0.717, 1.165) is 6.92 Å². The Labute approximate surface area is 241 Å². The number of aliphatic hydroxyl groups excluding tert-OH is 2. The number of nitrogens with one attached hydrogen (secondary N) is 1. The van der Waals surface area contributed by atoms with E-state index < -0.39 is 121 Å². The summed E-state index contributed by atoms with van der Waals surface area (Å²) in [4.78, 5) is 23.5. The smallest absolute Gasteiger partial charge is 0.399 e. The van der Waals surface area contributed by atoms with Crippen LogP contribution >= 0.6 is 0 Å². The summed E-state index contributed by atoms with van der Waals surface area (Å²) in [5, 5.41) is 32.4. The molecule has 2 saturated heterocycles. The molecule has 0 bridgehead atoms. The van der Waals surface area contributed by atoms with Crippen molar-refractivity contribution in [3.63, 3.8) is 0 Å². The predicted octanol–water partition coefficient (Wildman–Crippen LogP) is -5.85. The highest BCUT2D eigenvalue weighted by molar-refractivity contribution is 7.81. The number of ether oxygens (including phenoxy) is 3. The summed E-state index contributed by atoms with van der Waals surface area (Å²) in [6, 6.07) is -2.19. The molecule has 10 atom stereocenters. The number of amides is 1. The van der Waals surface area contributed by atoms with E-state index in [-0.39, 0.29) is 0 Å². The molecule has 8 N–H and O–H groups in total. The molecule has 0 aromatic heterocycles. The second-order valence-electron chi connectivity index (χ2n) is 8.33. The van der Waals surface area contributed by atoms with Crippen LogP contribution in [0.4, 0.5) is 0 Å². The minimum atomic E-state index is -5.75. The summed E-state index contributed by atoms with van der Waals surface area (Å²) in [7, 11) is -22.3. The topological polar surface area (TPSA) is 389 Å². The third-order valence-electron chi connectivity index (χ3n) is 5.16. The first-order chi connectivity index (χ1) is 19.3. The van der Waals surface area contributed by atoms with Gasteiger partial charge in [-0.1, -0.05) is 0 Å². The van der Waals surface area contributed by atoms with Crippen molar-refractivity contribution in [2.45, 2.75) is 68.3 Å². The van der Waals surface area contributed by atoms with Crippen molar-refractivity contribution in [2.75, 3.05) is 6.61 Å². The average Bonchev–Trinajstić information content (AvgIpc) is 2.77. The third kappa shape index (κ3) is 11.6. The van der Waals surface area contributed by atoms with Gasteiger partial charge in [-0.05, 0) is 0 Å². The zero-order valence-electron chi connectivity index (χ0n) is 20.7. The summed E-state index contributed by atoms with van der Waals surface area (Å²) in [6.07, 6.45) is -23.3. The third-order valence-corrected chi connectivity index (χ3v) is 6.96. The molecule has 0 aromatic rings. The quantitative estimate of drug-likeness (QED) is 0.0822. The van der Waals surface area contributed by atoms with Crippen LogP contribution in [0.5, 0.6) is 0 Å². The Hall–Kier alpha value is -1.78. The Morgan fingerprint density at radius 2 is 1.23 bits per heavy atom. The molecule has 0 saturated carbocycles. The van der Waals surface area contributed by atoms with Crippen molar-refractivity contribution >= 4 is 53.5 Å². The maximum absolute atomic E-state index is 11.8. The molecule has 2 heterocycles. The molecule has 0 aliphatic carbocycles. The van der Waals surface area contributed by atoms with E-state index in [9.17, 15) is 63.1 Å². The average molecular weight is 718 g/mol. The molecule has 0 aromatic carbocycles. The molecule has 2 rings (SSSR count). The predicted molar refractivity (Wildman–Crippen MR) is 122 cm³/mol. The Morgan fingerprint density at radius 1 is 0.721 bits per heavy atom. The highest BCUT2D eigenvalue weighted by atomic mass is 32.3. The van der Waals surface area contributed by atoms with Gasteiger partial charge in [0.25, 0.3) is 0 Å². The molecule has 43 heavy (non-hydrogen) atoms. The highest BCUT2D eigenvalue weighted by Crippen LogP contribution is 2.33. The Kier molecular flexibility index (Phi) is 11.9. The lowest BCUT2D eigenvalue weighted by Gasteiger charge is -2.47. The fraction of sp³-hybridized carbons (Fsp3) is 0.857. The van der Waals surface area contributed by atoms with E-state index in [1.807, 2.05) is 5.32 Å². The number of hydrogen-bond donors (Lipinski definition) is 8. The SMILES string of the molecule is CC(=O)N[C@H]1[C@H](OS(=O)(=O)O)O[C@H](COS(=O)(=O)O)[C@H](O)[C@@H]1O[C@@H]1O[C@H](C(=O)O)[C@@H](O)[C@H](OS(=O)(=O)O)[C@H]1OS(=O)(=O)O. The van der Waals surface area contributed by atoms with Gasteiger partial charge in [-0.25, -0.2) is 21.5 Å². The van der Waals surface area contributed by atoms with Crippen LogP contribution in [0.3, 0.4) is 0 Å². The van der Waals surface area contributed by atoms with Gasteiger partial charge in [0.15, 0.2) is 18.5 Å². The summed E-state index contributed by atoms with van der Waals surface area (Å²) in [5.41, 5.74) is 0. The van der Waals surface area contributed by atoms with Gasteiger partial charge in [-0.2, -0.15) is 33.7 Å². The minimum Gasteiger partial charge on any atom is -0.479 e. The van der Waals surface area contributed by atoms with Crippen LogP contribution in [-0.4, -0.2) is 147 Å². The fourth-order valence-electron chi connectivity index (χ4n) is 3.74. The van der Waals surface area contributed by atoms with Gasteiger partial charge >= 0.3 is 47.6 Å². The normalized spacial score (nSPS) is 34.4. The molecule has 0 unspecified atom stereocenters. The zero-order valence-corrected chi connectivity index (χ0v) is 24.0. The molecular formula is C14H23NO24S4. The number of carboxylic acids is 1. The van der Waals surface area contributed by atoms with Crippen molar-refractivity contribution in [2.24, 2.45) is 0 Å². The molecule has 0 spiro atoms. The number of aliphatic hydroxyl groups is 2. The van der Waals surface area contributed by atoms with Crippen molar-refractivity contribution in [3.8, 4) is 0 Å².